The monoisotopic (exact) mass is 215 g/mol. The fourth-order valence-electron chi connectivity index (χ4n) is 1.93. The Morgan fingerprint density at radius 1 is 1.00 bits per heavy atom. The Balaban J connectivity index is 2.45. The number of aromatic nitrogens is 1. The number of nitrogens with zero attached hydrogens (tertiary/aromatic N) is 1. The van der Waals surface area contributed by atoms with Crippen LogP contribution in [0.2, 0.25) is 5.15 Å². The van der Waals surface area contributed by atoms with Crippen molar-refractivity contribution in [3.8, 4) is 11.1 Å². The number of ketones is 1. The molecule has 0 saturated heterocycles. The van der Waals surface area contributed by atoms with E-state index in [4.69, 9.17) is 11.6 Å². The van der Waals surface area contributed by atoms with Gasteiger partial charge in [0.25, 0.3) is 0 Å². The number of hydrogen-bond acceptors (Lipinski definition) is 2. The van der Waals surface area contributed by atoms with Crippen LogP contribution < -0.4 is 0 Å². The van der Waals surface area contributed by atoms with Gasteiger partial charge < -0.3 is 0 Å². The average Bonchev–Trinajstić information content (AvgIpc) is 2.55. The third kappa shape index (κ3) is 1.05. The third-order valence-corrected chi connectivity index (χ3v) is 2.88. The lowest BCUT2D eigenvalue weighted by Crippen LogP contribution is -1.94. The van der Waals surface area contributed by atoms with Gasteiger partial charge in [-0.05, 0) is 11.6 Å². The van der Waals surface area contributed by atoms with Crippen molar-refractivity contribution < 1.29 is 4.79 Å². The molecule has 0 aliphatic heterocycles. The minimum absolute atomic E-state index is 0.0323. The molecule has 1 aromatic heterocycles. The van der Waals surface area contributed by atoms with E-state index >= 15 is 0 Å². The van der Waals surface area contributed by atoms with Crippen molar-refractivity contribution in [2.24, 2.45) is 0 Å². The first-order valence-electron chi connectivity index (χ1n) is 4.57. The molecule has 2 nitrogen and oxygen atoms in total. The van der Waals surface area contributed by atoms with Crippen molar-refractivity contribution in [3.63, 3.8) is 0 Å². The molecule has 1 aliphatic carbocycles. The lowest BCUT2D eigenvalue weighted by atomic mass is 10.1. The molecule has 0 spiro atoms. The lowest BCUT2D eigenvalue weighted by molar-refractivity contribution is 0.104. The Morgan fingerprint density at radius 3 is 2.53 bits per heavy atom. The van der Waals surface area contributed by atoms with E-state index in [2.05, 4.69) is 4.98 Å². The van der Waals surface area contributed by atoms with Crippen LogP contribution in [0.15, 0.2) is 36.5 Å². The summed E-state index contributed by atoms with van der Waals surface area (Å²) in [7, 11) is 0. The number of carbonyl (C=O) groups is 1. The van der Waals surface area contributed by atoms with E-state index in [0.717, 1.165) is 11.1 Å². The Morgan fingerprint density at radius 2 is 1.73 bits per heavy atom. The Bertz CT molecular complexity index is 578. The molecule has 0 saturated carbocycles. The number of pyridine rings is 1. The van der Waals surface area contributed by atoms with Gasteiger partial charge >= 0.3 is 0 Å². The Labute approximate surface area is 91.5 Å². The Kier molecular flexibility index (Phi) is 1.67. The standard InChI is InChI=1S/C12H6ClNO/c13-12-10-7-3-1-2-4-8(7)11(15)9(10)5-6-14-12/h1-6H. The van der Waals surface area contributed by atoms with E-state index in [9.17, 15) is 4.79 Å². The highest BCUT2D eigenvalue weighted by atomic mass is 35.5. The van der Waals surface area contributed by atoms with Gasteiger partial charge in [-0.15, -0.1) is 0 Å². The van der Waals surface area contributed by atoms with E-state index in [-0.39, 0.29) is 5.78 Å². The summed E-state index contributed by atoms with van der Waals surface area (Å²) in [5, 5.41) is 0.394. The van der Waals surface area contributed by atoms with Crippen LogP contribution in [0.4, 0.5) is 0 Å². The van der Waals surface area contributed by atoms with Gasteiger partial charge in [0.2, 0.25) is 0 Å². The molecule has 0 bridgehead atoms. The number of carbonyl (C=O) groups excluding carboxylic acids is 1. The molecule has 0 unspecified atom stereocenters. The van der Waals surface area contributed by atoms with Crippen LogP contribution >= 0.6 is 11.6 Å². The van der Waals surface area contributed by atoms with Crippen molar-refractivity contribution in [2.75, 3.05) is 0 Å². The molecule has 1 heterocycles. The zero-order chi connectivity index (χ0) is 10.4. The van der Waals surface area contributed by atoms with Crippen LogP contribution in [0.1, 0.15) is 15.9 Å². The Hall–Kier alpha value is -1.67. The molecular formula is C12H6ClNO. The molecule has 15 heavy (non-hydrogen) atoms. The fourth-order valence-corrected chi connectivity index (χ4v) is 2.19. The molecule has 3 rings (SSSR count). The maximum Gasteiger partial charge on any atom is 0.194 e. The smallest absolute Gasteiger partial charge is 0.194 e. The number of benzene rings is 1. The minimum Gasteiger partial charge on any atom is -0.289 e. The third-order valence-electron chi connectivity index (χ3n) is 2.59. The maximum atomic E-state index is 12.0. The average molecular weight is 216 g/mol. The molecule has 0 amide bonds. The van der Waals surface area contributed by atoms with E-state index in [0.29, 0.717) is 16.3 Å². The number of halogens is 1. The van der Waals surface area contributed by atoms with Crippen LogP contribution in [-0.2, 0) is 0 Å². The van der Waals surface area contributed by atoms with Gasteiger partial charge in [0.15, 0.2) is 5.78 Å². The van der Waals surface area contributed by atoms with Gasteiger partial charge in [0.1, 0.15) is 5.15 Å². The minimum atomic E-state index is 0.0323. The number of hydrogen-bond donors (Lipinski definition) is 0. The van der Waals surface area contributed by atoms with E-state index in [1.165, 1.54) is 0 Å². The van der Waals surface area contributed by atoms with Crippen LogP contribution in [-0.4, -0.2) is 10.8 Å². The molecular weight excluding hydrogens is 210 g/mol. The highest BCUT2D eigenvalue weighted by Gasteiger charge is 2.28. The van der Waals surface area contributed by atoms with Crippen LogP contribution in [0.5, 0.6) is 0 Å². The number of rotatable bonds is 0. The molecule has 0 radical (unpaired) electrons. The second-order valence-electron chi connectivity index (χ2n) is 3.40. The summed E-state index contributed by atoms with van der Waals surface area (Å²) in [6.07, 6.45) is 1.56. The van der Waals surface area contributed by atoms with E-state index < -0.39 is 0 Å². The summed E-state index contributed by atoms with van der Waals surface area (Å²) in [4.78, 5) is 16.0. The highest BCUT2D eigenvalue weighted by Crippen LogP contribution is 2.39. The zero-order valence-corrected chi connectivity index (χ0v) is 8.45. The zero-order valence-electron chi connectivity index (χ0n) is 7.70. The van der Waals surface area contributed by atoms with Crippen LogP contribution in [0.25, 0.3) is 11.1 Å². The van der Waals surface area contributed by atoms with Gasteiger partial charge in [-0.3, -0.25) is 4.79 Å². The molecule has 2 aromatic rings. The van der Waals surface area contributed by atoms with Crippen molar-refractivity contribution in [2.45, 2.75) is 0 Å². The largest absolute Gasteiger partial charge is 0.289 e. The highest BCUT2D eigenvalue weighted by molar-refractivity contribution is 6.35. The van der Waals surface area contributed by atoms with Gasteiger partial charge in [-0.25, -0.2) is 4.98 Å². The molecule has 3 heteroatoms. The summed E-state index contributed by atoms with van der Waals surface area (Å²) >= 11 is 6.00. The van der Waals surface area contributed by atoms with E-state index in [1.54, 1.807) is 12.3 Å². The second-order valence-corrected chi connectivity index (χ2v) is 3.76. The SMILES string of the molecule is O=C1c2ccccc2-c2c1ccnc2Cl. The van der Waals surface area contributed by atoms with Crippen molar-refractivity contribution in [1.29, 1.82) is 0 Å². The second kappa shape index (κ2) is 2.91. The van der Waals surface area contributed by atoms with Crippen molar-refractivity contribution in [1.82, 2.24) is 4.98 Å². The van der Waals surface area contributed by atoms with Crippen LogP contribution in [0.3, 0.4) is 0 Å². The van der Waals surface area contributed by atoms with Crippen LogP contribution in [0, 0.1) is 0 Å². The molecule has 0 N–H and O–H groups in total. The first kappa shape index (κ1) is 8.62. The lowest BCUT2D eigenvalue weighted by Gasteiger charge is -1.99. The summed E-state index contributed by atoms with van der Waals surface area (Å²) in [5.74, 6) is 0.0323. The first-order chi connectivity index (χ1) is 7.29. The number of fused-ring (bicyclic) bond motifs is 3. The predicted molar refractivity (Wildman–Crippen MR) is 58.1 cm³/mol. The van der Waals surface area contributed by atoms with Gasteiger partial charge in [0, 0.05) is 22.9 Å². The molecule has 0 atom stereocenters. The fraction of sp³-hybridized carbons (Fsp3) is 0. The van der Waals surface area contributed by atoms with Crippen molar-refractivity contribution >= 4 is 17.4 Å². The molecule has 1 aromatic carbocycles. The summed E-state index contributed by atoms with van der Waals surface area (Å²) in [6.45, 7) is 0. The molecule has 0 fully saturated rings. The van der Waals surface area contributed by atoms with Gasteiger partial charge in [-0.2, -0.15) is 0 Å². The van der Waals surface area contributed by atoms with Gasteiger partial charge in [0.05, 0.1) is 0 Å². The predicted octanol–water partition coefficient (Wildman–Crippen LogP) is 2.95. The van der Waals surface area contributed by atoms with E-state index in [1.807, 2.05) is 24.3 Å². The van der Waals surface area contributed by atoms with Gasteiger partial charge in [-0.1, -0.05) is 35.9 Å². The maximum absolute atomic E-state index is 12.0. The topological polar surface area (TPSA) is 30.0 Å². The molecule has 72 valence electrons. The summed E-state index contributed by atoms with van der Waals surface area (Å²) in [6, 6.07) is 9.17. The molecule has 1 aliphatic rings. The quantitative estimate of drug-likeness (QED) is 0.540. The normalized spacial score (nSPS) is 12.5. The van der Waals surface area contributed by atoms with Crippen molar-refractivity contribution in [3.05, 3.63) is 52.8 Å². The summed E-state index contributed by atoms with van der Waals surface area (Å²) < 4.78 is 0. The first-order valence-corrected chi connectivity index (χ1v) is 4.95. The summed E-state index contributed by atoms with van der Waals surface area (Å²) in [5.41, 5.74) is 3.01.